The summed E-state index contributed by atoms with van der Waals surface area (Å²) in [5.74, 6) is 1.62. The lowest BCUT2D eigenvalue weighted by molar-refractivity contribution is 0.343. The quantitative estimate of drug-likeness (QED) is 0.627. The van der Waals surface area contributed by atoms with E-state index in [4.69, 9.17) is 4.99 Å². The zero-order valence-corrected chi connectivity index (χ0v) is 14.2. The lowest BCUT2D eigenvalue weighted by Crippen LogP contribution is -2.39. The maximum atomic E-state index is 4.80. The molecule has 0 radical (unpaired) electrons. The third-order valence-corrected chi connectivity index (χ3v) is 4.32. The molecular weight excluding hydrogens is 272 g/mol. The fourth-order valence-corrected chi connectivity index (χ4v) is 2.92. The van der Waals surface area contributed by atoms with Gasteiger partial charge in [0.25, 0.3) is 0 Å². The lowest BCUT2D eigenvalue weighted by Gasteiger charge is -2.19. The summed E-state index contributed by atoms with van der Waals surface area (Å²) in [6, 6.07) is 10.8. The molecule has 2 unspecified atom stereocenters. The third-order valence-electron chi connectivity index (χ3n) is 4.32. The Morgan fingerprint density at radius 1 is 1.32 bits per heavy atom. The second-order valence-corrected chi connectivity index (χ2v) is 6.04. The second kappa shape index (κ2) is 8.79. The predicted molar refractivity (Wildman–Crippen MR) is 94.2 cm³/mol. The van der Waals surface area contributed by atoms with Gasteiger partial charge in [0.05, 0.1) is 6.04 Å². The number of aliphatic imine (C=N–C) groups is 1. The molecule has 0 aromatic heterocycles. The molecule has 1 fully saturated rings. The fourth-order valence-electron chi connectivity index (χ4n) is 2.92. The Balaban J connectivity index is 1.90. The highest BCUT2D eigenvalue weighted by Gasteiger charge is 2.20. The zero-order valence-electron chi connectivity index (χ0n) is 14.2. The summed E-state index contributed by atoms with van der Waals surface area (Å²) < 4.78 is 0. The second-order valence-electron chi connectivity index (χ2n) is 6.04. The number of guanidine groups is 1. The average molecular weight is 302 g/mol. The minimum Gasteiger partial charge on any atom is -0.357 e. The first-order valence-electron chi connectivity index (χ1n) is 8.55. The Morgan fingerprint density at radius 2 is 2.09 bits per heavy atom. The van der Waals surface area contributed by atoms with Gasteiger partial charge in [-0.2, -0.15) is 0 Å². The molecular formula is C18H30N4. The van der Waals surface area contributed by atoms with Crippen LogP contribution in [-0.4, -0.2) is 43.6 Å². The summed E-state index contributed by atoms with van der Waals surface area (Å²) >= 11 is 0. The molecule has 4 nitrogen and oxygen atoms in total. The van der Waals surface area contributed by atoms with Gasteiger partial charge < -0.3 is 15.5 Å². The van der Waals surface area contributed by atoms with Crippen molar-refractivity contribution in [2.45, 2.75) is 33.2 Å². The minimum atomic E-state index is 0.259. The van der Waals surface area contributed by atoms with Crippen LogP contribution in [0.1, 0.15) is 38.8 Å². The molecule has 0 spiro atoms. The van der Waals surface area contributed by atoms with Crippen molar-refractivity contribution in [3.63, 3.8) is 0 Å². The molecule has 0 aliphatic carbocycles. The zero-order chi connectivity index (χ0) is 15.8. The van der Waals surface area contributed by atoms with Crippen molar-refractivity contribution in [1.82, 2.24) is 15.5 Å². The van der Waals surface area contributed by atoms with E-state index < -0.39 is 0 Å². The molecule has 1 aromatic carbocycles. The first kappa shape index (κ1) is 16.8. The molecule has 2 atom stereocenters. The molecule has 4 heteroatoms. The van der Waals surface area contributed by atoms with Crippen LogP contribution in [0.5, 0.6) is 0 Å². The summed E-state index contributed by atoms with van der Waals surface area (Å²) in [5.41, 5.74) is 1.28. The summed E-state index contributed by atoms with van der Waals surface area (Å²) in [7, 11) is 0. The molecule has 1 aliphatic heterocycles. The molecule has 0 saturated carbocycles. The molecule has 1 heterocycles. The Hall–Kier alpha value is -1.55. The molecule has 22 heavy (non-hydrogen) atoms. The topological polar surface area (TPSA) is 39.7 Å². The number of benzene rings is 1. The standard InChI is InChI=1S/C18H30N4/c1-4-19-18(20-13-16-11-12-22(5-2)14-16)21-15(3)17-9-7-6-8-10-17/h6-10,15-16H,4-5,11-14H2,1-3H3,(H2,19,20,21). The van der Waals surface area contributed by atoms with Gasteiger partial charge in [0.1, 0.15) is 0 Å². The van der Waals surface area contributed by atoms with Crippen molar-refractivity contribution < 1.29 is 0 Å². The van der Waals surface area contributed by atoms with E-state index in [1.807, 2.05) is 0 Å². The fraction of sp³-hybridized carbons (Fsp3) is 0.611. The van der Waals surface area contributed by atoms with E-state index in [1.165, 1.54) is 25.1 Å². The monoisotopic (exact) mass is 302 g/mol. The largest absolute Gasteiger partial charge is 0.357 e. The number of nitrogens with zero attached hydrogens (tertiary/aromatic N) is 2. The van der Waals surface area contributed by atoms with Gasteiger partial charge in [0.15, 0.2) is 5.96 Å². The number of hydrogen-bond acceptors (Lipinski definition) is 2. The lowest BCUT2D eigenvalue weighted by atomic mass is 10.1. The summed E-state index contributed by atoms with van der Waals surface area (Å²) in [6.07, 6.45) is 1.27. The van der Waals surface area contributed by atoms with Gasteiger partial charge in [-0.1, -0.05) is 37.3 Å². The van der Waals surface area contributed by atoms with Crippen LogP contribution < -0.4 is 10.6 Å². The van der Waals surface area contributed by atoms with Crippen LogP contribution in [0.15, 0.2) is 35.3 Å². The van der Waals surface area contributed by atoms with Gasteiger partial charge >= 0.3 is 0 Å². The maximum Gasteiger partial charge on any atom is 0.191 e. The summed E-state index contributed by atoms with van der Waals surface area (Å²) in [5, 5.41) is 6.87. The van der Waals surface area contributed by atoms with Crippen LogP contribution in [0, 0.1) is 5.92 Å². The number of rotatable bonds is 6. The van der Waals surface area contributed by atoms with Crippen molar-refractivity contribution in [2.75, 3.05) is 32.7 Å². The summed E-state index contributed by atoms with van der Waals surface area (Å²) in [6.45, 7) is 11.9. The van der Waals surface area contributed by atoms with Crippen molar-refractivity contribution in [3.8, 4) is 0 Å². The van der Waals surface area contributed by atoms with Crippen LogP contribution in [0.25, 0.3) is 0 Å². The van der Waals surface area contributed by atoms with Crippen molar-refractivity contribution in [1.29, 1.82) is 0 Å². The van der Waals surface area contributed by atoms with Gasteiger partial charge in [-0.3, -0.25) is 4.99 Å². The molecule has 2 N–H and O–H groups in total. The van der Waals surface area contributed by atoms with Crippen LogP contribution in [0.4, 0.5) is 0 Å². The van der Waals surface area contributed by atoms with Gasteiger partial charge in [-0.15, -0.1) is 0 Å². The van der Waals surface area contributed by atoms with E-state index in [9.17, 15) is 0 Å². The Kier molecular flexibility index (Phi) is 6.72. The molecule has 2 rings (SSSR count). The first-order valence-corrected chi connectivity index (χ1v) is 8.55. The van der Waals surface area contributed by atoms with Crippen LogP contribution in [0.2, 0.25) is 0 Å². The van der Waals surface area contributed by atoms with Gasteiger partial charge in [-0.05, 0) is 44.8 Å². The van der Waals surface area contributed by atoms with E-state index in [0.717, 1.165) is 25.6 Å². The van der Waals surface area contributed by atoms with Crippen LogP contribution in [0.3, 0.4) is 0 Å². The van der Waals surface area contributed by atoms with E-state index >= 15 is 0 Å². The molecule has 122 valence electrons. The van der Waals surface area contributed by atoms with Crippen molar-refractivity contribution >= 4 is 5.96 Å². The maximum absolute atomic E-state index is 4.80. The Labute approximate surface area is 135 Å². The van der Waals surface area contributed by atoms with Gasteiger partial charge in [0.2, 0.25) is 0 Å². The normalized spacial score (nSPS) is 20.9. The Morgan fingerprint density at radius 3 is 2.73 bits per heavy atom. The molecule has 0 amide bonds. The Bertz CT molecular complexity index is 457. The number of nitrogens with one attached hydrogen (secondary N) is 2. The van der Waals surface area contributed by atoms with E-state index in [2.05, 4.69) is 66.6 Å². The van der Waals surface area contributed by atoms with Gasteiger partial charge in [0, 0.05) is 19.6 Å². The highest BCUT2D eigenvalue weighted by atomic mass is 15.2. The van der Waals surface area contributed by atoms with E-state index in [-0.39, 0.29) is 6.04 Å². The first-order chi connectivity index (χ1) is 10.7. The highest BCUT2D eigenvalue weighted by Crippen LogP contribution is 2.16. The molecule has 0 bridgehead atoms. The highest BCUT2D eigenvalue weighted by molar-refractivity contribution is 5.80. The number of likely N-dealkylation sites (tertiary alicyclic amines) is 1. The van der Waals surface area contributed by atoms with Crippen LogP contribution >= 0.6 is 0 Å². The predicted octanol–water partition coefficient (Wildman–Crippen LogP) is 2.64. The van der Waals surface area contributed by atoms with Crippen LogP contribution in [-0.2, 0) is 0 Å². The van der Waals surface area contributed by atoms with Crippen molar-refractivity contribution in [2.24, 2.45) is 10.9 Å². The summed E-state index contributed by atoms with van der Waals surface area (Å²) in [4.78, 5) is 7.30. The van der Waals surface area contributed by atoms with Gasteiger partial charge in [-0.25, -0.2) is 0 Å². The molecule has 1 aliphatic rings. The van der Waals surface area contributed by atoms with E-state index in [1.54, 1.807) is 0 Å². The third kappa shape index (κ3) is 5.02. The average Bonchev–Trinajstić information content (AvgIpc) is 3.01. The van der Waals surface area contributed by atoms with Crippen molar-refractivity contribution in [3.05, 3.63) is 35.9 Å². The SMILES string of the molecule is CCNC(=NCC1CCN(CC)C1)NC(C)c1ccccc1. The minimum absolute atomic E-state index is 0.259. The van der Waals surface area contributed by atoms with E-state index in [0.29, 0.717) is 5.92 Å². The molecule has 1 aromatic rings. The smallest absolute Gasteiger partial charge is 0.191 e. The number of hydrogen-bond donors (Lipinski definition) is 2. The molecule has 1 saturated heterocycles.